The molecular formula is C21H25NO4. The van der Waals surface area contributed by atoms with Crippen LogP contribution in [0.5, 0.6) is 11.5 Å². The summed E-state index contributed by atoms with van der Waals surface area (Å²) in [4.78, 5) is 23.8. The molecule has 0 saturated carbocycles. The van der Waals surface area contributed by atoms with Crippen LogP contribution < -0.4 is 14.8 Å². The maximum Gasteiger partial charge on any atom is 0.262 e. The first-order chi connectivity index (χ1) is 12.2. The van der Waals surface area contributed by atoms with E-state index in [-0.39, 0.29) is 23.7 Å². The number of anilines is 1. The molecule has 0 bridgehead atoms. The molecule has 2 aromatic carbocycles. The summed E-state index contributed by atoms with van der Waals surface area (Å²) < 4.78 is 10.7. The highest BCUT2D eigenvalue weighted by Crippen LogP contribution is 2.26. The van der Waals surface area contributed by atoms with Crippen LogP contribution in [0.3, 0.4) is 0 Å². The number of rotatable bonds is 6. The lowest BCUT2D eigenvalue weighted by Gasteiger charge is -2.19. The normalized spacial score (nSPS) is 11.0. The molecule has 26 heavy (non-hydrogen) atoms. The lowest BCUT2D eigenvalue weighted by molar-refractivity contribution is -0.118. The summed E-state index contributed by atoms with van der Waals surface area (Å²) in [7, 11) is 1.53. The molecule has 0 atom stereocenters. The first kappa shape index (κ1) is 19.5. The summed E-state index contributed by atoms with van der Waals surface area (Å²) in [5.74, 6) is 0.449. The Morgan fingerprint density at radius 2 is 1.69 bits per heavy atom. The van der Waals surface area contributed by atoms with Crippen molar-refractivity contribution in [2.45, 2.75) is 33.1 Å². The number of amides is 1. The van der Waals surface area contributed by atoms with Crippen LogP contribution in [0.2, 0.25) is 0 Å². The molecule has 0 radical (unpaired) electrons. The molecule has 0 heterocycles. The Hall–Kier alpha value is -2.82. The van der Waals surface area contributed by atoms with Gasteiger partial charge in [0.1, 0.15) is 11.5 Å². The smallest absolute Gasteiger partial charge is 0.262 e. The van der Waals surface area contributed by atoms with Crippen LogP contribution in [-0.4, -0.2) is 25.4 Å². The van der Waals surface area contributed by atoms with Crippen LogP contribution >= 0.6 is 0 Å². The van der Waals surface area contributed by atoms with Gasteiger partial charge in [-0.25, -0.2) is 0 Å². The minimum Gasteiger partial charge on any atom is -0.497 e. The largest absolute Gasteiger partial charge is 0.497 e. The van der Waals surface area contributed by atoms with E-state index >= 15 is 0 Å². The number of benzene rings is 2. The van der Waals surface area contributed by atoms with Gasteiger partial charge in [0.2, 0.25) is 0 Å². The number of carbonyl (C=O) groups is 2. The Balaban J connectivity index is 2.02. The summed E-state index contributed by atoms with van der Waals surface area (Å²) in [6.07, 6.45) is 0. The van der Waals surface area contributed by atoms with Crippen molar-refractivity contribution < 1.29 is 19.1 Å². The second-order valence-corrected chi connectivity index (χ2v) is 7.08. The third-order valence-corrected chi connectivity index (χ3v) is 3.96. The molecule has 5 nitrogen and oxygen atoms in total. The molecule has 0 aliphatic carbocycles. The lowest BCUT2D eigenvalue weighted by atomic mass is 9.87. The Bertz CT molecular complexity index is 789. The number of nitrogens with one attached hydrogen (secondary N) is 1. The van der Waals surface area contributed by atoms with E-state index < -0.39 is 0 Å². The summed E-state index contributed by atoms with van der Waals surface area (Å²) in [6.45, 7) is 7.65. The molecular weight excluding hydrogens is 330 g/mol. The molecule has 0 aromatic heterocycles. The van der Waals surface area contributed by atoms with Crippen molar-refractivity contribution in [2.24, 2.45) is 0 Å². The number of ether oxygens (including phenoxy) is 2. The minimum atomic E-state index is -0.300. The standard InChI is InChI=1S/C21H25NO4/c1-14(23)18-11-10-17(25-5)12-19(18)26-13-20(24)22-16-8-6-15(7-9-16)21(2,3)4/h6-12H,13H2,1-5H3,(H,22,24). The zero-order valence-corrected chi connectivity index (χ0v) is 15.9. The summed E-state index contributed by atoms with van der Waals surface area (Å²) in [5.41, 5.74) is 2.35. The number of hydrogen-bond acceptors (Lipinski definition) is 4. The van der Waals surface area contributed by atoms with E-state index in [1.807, 2.05) is 24.3 Å². The van der Waals surface area contributed by atoms with Gasteiger partial charge in [0.05, 0.1) is 12.7 Å². The zero-order valence-electron chi connectivity index (χ0n) is 15.9. The molecule has 0 fully saturated rings. The van der Waals surface area contributed by atoms with Crippen molar-refractivity contribution in [3.05, 3.63) is 53.6 Å². The van der Waals surface area contributed by atoms with Gasteiger partial charge in [-0.1, -0.05) is 32.9 Å². The van der Waals surface area contributed by atoms with Crippen LogP contribution in [0.15, 0.2) is 42.5 Å². The molecule has 0 unspecified atom stereocenters. The van der Waals surface area contributed by atoms with Gasteiger partial charge in [0.15, 0.2) is 12.4 Å². The van der Waals surface area contributed by atoms with Gasteiger partial charge < -0.3 is 14.8 Å². The third kappa shape index (κ3) is 5.09. The van der Waals surface area contributed by atoms with E-state index in [0.29, 0.717) is 22.7 Å². The van der Waals surface area contributed by atoms with E-state index in [1.54, 1.807) is 18.2 Å². The van der Waals surface area contributed by atoms with Gasteiger partial charge >= 0.3 is 0 Å². The SMILES string of the molecule is COc1ccc(C(C)=O)c(OCC(=O)Nc2ccc(C(C)(C)C)cc2)c1. The Morgan fingerprint density at radius 3 is 2.23 bits per heavy atom. The van der Waals surface area contributed by atoms with Crippen molar-refractivity contribution in [3.8, 4) is 11.5 Å². The van der Waals surface area contributed by atoms with Crippen LogP contribution in [0.1, 0.15) is 43.6 Å². The average Bonchev–Trinajstić information content (AvgIpc) is 2.59. The van der Waals surface area contributed by atoms with Crippen LogP contribution in [0, 0.1) is 0 Å². The predicted molar refractivity (Wildman–Crippen MR) is 102 cm³/mol. The first-order valence-electron chi connectivity index (χ1n) is 8.43. The fraction of sp³-hybridized carbons (Fsp3) is 0.333. The molecule has 0 spiro atoms. The Morgan fingerprint density at radius 1 is 1.04 bits per heavy atom. The molecule has 0 saturated heterocycles. The maximum atomic E-state index is 12.2. The highest BCUT2D eigenvalue weighted by Gasteiger charge is 2.14. The molecule has 1 N–H and O–H groups in total. The predicted octanol–water partition coefficient (Wildman–Crippen LogP) is 4.21. The van der Waals surface area contributed by atoms with Crippen molar-refractivity contribution in [1.29, 1.82) is 0 Å². The molecule has 5 heteroatoms. The Labute approximate surface area is 154 Å². The van der Waals surface area contributed by atoms with Gasteiger partial charge in [-0.2, -0.15) is 0 Å². The quantitative estimate of drug-likeness (QED) is 0.788. The van der Waals surface area contributed by atoms with Crippen LogP contribution in [0.4, 0.5) is 5.69 Å². The number of ketones is 1. The third-order valence-electron chi connectivity index (χ3n) is 3.96. The van der Waals surface area contributed by atoms with E-state index in [9.17, 15) is 9.59 Å². The number of hydrogen-bond donors (Lipinski definition) is 1. The number of Topliss-reactive ketones (excluding diaryl/α,β-unsaturated/α-hetero) is 1. The van der Waals surface area contributed by atoms with Crippen LogP contribution in [0.25, 0.3) is 0 Å². The fourth-order valence-electron chi connectivity index (χ4n) is 2.43. The second kappa shape index (κ2) is 8.04. The van der Waals surface area contributed by atoms with E-state index in [4.69, 9.17) is 9.47 Å². The number of carbonyl (C=O) groups excluding carboxylic acids is 2. The molecule has 0 aliphatic heterocycles. The maximum absolute atomic E-state index is 12.2. The summed E-state index contributed by atoms with van der Waals surface area (Å²) in [5, 5.41) is 2.79. The second-order valence-electron chi connectivity index (χ2n) is 7.08. The molecule has 138 valence electrons. The number of methoxy groups -OCH3 is 1. The molecule has 2 rings (SSSR count). The van der Waals surface area contributed by atoms with Gasteiger partial charge in [0.25, 0.3) is 5.91 Å². The van der Waals surface area contributed by atoms with Gasteiger partial charge in [-0.05, 0) is 42.2 Å². The zero-order chi connectivity index (χ0) is 19.3. The Kier molecular flexibility index (Phi) is 6.03. The van der Waals surface area contributed by atoms with Gasteiger partial charge in [0, 0.05) is 11.8 Å². The molecule has 1 amide bonds. The van der Waals surface area contributed by atoms with Crippen molar-refractivity contribution in [1.82, 2.24) is 0 Å². The minimum absolute atomic E-state index is 0.0567. The van der Waals surface area contributed by atoms with E-state index in [0.717, 1.165) is 0 Å². The summed E-state index contributed by atoms with van der Waals surface area (Å²) >= 11 is 0. The lowest BCUT2D eigenvalue weighted by Crippen LogP contribution is -2.21. The van der Waals surface area contributed by atoms with E-state index in [2.05, 4.69) is 26.1 Å². The fourth-order valence-corrected chi connectivity index (χ4v) is 2.43. The first-order valence-corrected chi connectivity index (χ1v) is 8.43. The van der Waals surface area contributed by atoms with Crippen LogP contribution in [-0.2, 0) is 10.2 Å². The monoisotopic (exact) mass is 355 g/mol. The van der Waals surface area contributed by atoms with Gasteiger partial charge in [-0.15, -0.1) is 0 Å². The van der Waals surface area contributed by atoms with E-state index in [1.165, 1.54) is 19.6 Å². The highest BCUT2D eigenvalue weighted by atomic mass is 16.5. The topological polar surface area (TPSA) is 64.6 Å². The molecule has 2 aromatic rings. The molecule has 0 aliphatic rings. The summed E-state index contributed by atoms with van der Waals surface area (Å²) in [6, 6.07) is 12.6. The highest BCUT2D eigenvalue weighted by molar-refractivity contribution is 5.97. The average molecular weight is 355 g/mol. The van der Waals surface area contributed by atoms with Crippen molar-refractivity contribution in [3.63, 3.8) is 0 Å². The van der Waals surface area contributed by atoms with Crippen molar-refractivity contribution >= 4 is 17.4 Å². The van der Waals surface area contributed by atoms with Gasteiger partial charge in [-0.3, -0.25) is 9.59 Å². The van der Waals surface area contributed by atoms with Crippen molar-refractivity contribution in [2.75, 3.05) is 19.0 Å².